The maximum Gasteiger partial charge on any atom is 0.321 e. The molecule has 3 rings (SSSR count). The summed E-state index contributed by atoms with van der Waals surface area (Å²) in [4.78, 5) is 16.2. The minimum Gasteiger partial charge on any atom is -0.372 e. The van der Waals surface area contributed by atoms with Gasteiger partial charge in [-0.3, -0.25) is 0 Å². The summed E-state index contributed by atoms with van der Waals surface area (Å²) in [5.41, 5.74) is 0.890. The Morgan fingerprint density at radius 1 is 1.16 bits per heavy atom. The van der Waals surface area contributed by atoms with Gasteiger partial charge in [0.25, 0.3) is 0 Å². The molecule has 1 aromatic rings. The molecule has 0 radical (unpaired) electrons. The third-order valence-electron chi connectivity index (χ3n) is 5.69. The molecule has 2 unspecified atom stereocenters. The molecule has 2 N–H and O–H groups in total. The van der Waals surface area contributed by atoms with Gasteiger partial charge in [0, 0.05) is 37.9 Å². The molecule has 0 aromatic heterocycles. The summed E-state index contributed by atoms with van der Waals surface area (Å²) in [5, 5.41) is 2.26. The van der Waals surface area contributed by atoms with Crippen LogP contribution >= 0.6 is 0 Å². The van der Waals surface area contributed by atoms with Crippen molar-refractivity contribution in [1.82, 2.24) is 9.62 Å². The Labute approximate surface area is 184 Å². The largest absolute Gasteiger partial charge is 0.372 e. The number of hydrogen-bond acceptors (Lipinski definition) is 5. The first-order valence-corrected chi connectivity index (χ1v) is 12.4. The molecule has 0 spiro atoms. The van der Waals surface area contributed by atoms with Crippen molar-refractivity contribution in [3.8, 4) is 0 Å². The van der Waals surface area contributed by atoms with Gasteiger partial charge in [-0.15, -0.1) is 0 Å². The highest BCUT2D eigenvalue weighted by Crippen LogP contribution is 2.26. The van der Waals surface area contributed by atoms with Crippen molar-refractivity contribution in [3.05, 3.63) is 24.0 Å². The molecule has 174 valence electrons. The average molecular weight is 457 g/mol. The molecule has 31 heavy (non-hydrogen) atoms. The summed E-state index contributed by atoms with van der Waals surface area (Å²) in [6.45, 7) is 9.29. The van der Waals surface area contributed by atoms with Crippen LogP contribution in [-0.4, -0.2) is 69.0 Å². The number of anilines is 2. The number of rotatable bonds is 5. The number of nitrogens with one attached hydrogen (secondary N) is 2. The van der Waals surface area contributed by atoms with Crippen LogP contribution in [0.4, 0.5) is 20.6 Å². The van der Waals surface area contributed by atoms with E-state index in [2.05, 4.69) is 10.0 Å². The minimum atomic E-state index is -3.33. The second-order valence-corrected chi connectivity index (χ2v) is 11.0. The number of amides is 2. The molecule has 10 heteroatoms. The topological polar surface area (TPSA) is 91.0 Å². The summed E-state index contributed by atoms with van der Waals surface area (Å²) in [6.07, 6.45) is 1.13. The molecule has 0 bridgehead atoms. The van der Waals surface area contributed by atoms with Gasteiger partial charge < -0.3 is 19.9 Å². The first-order valence-electron chi connectivity index (χ1n) is 10.8. The second-order valence-electron chi connectivity index (χ2n) is 8.73. The van der Waals surface area contributed by atoms with Crippen molar-refractivity contribution >= 4 is 27.4 Å². The lowest BCUT2D eigenvalue weighted by molar-refractivity contribution is -0.00539. The van der Waals surface area contributed by atoms with Crippen LogP contribution in [0.1, 0.15) is 40.5 Å². The number of ether oxygens (including phenoxy) is 1. The number of morpholine rings is 1. The third-order valence-corrected chi connectivity index (χ3v) is 7.60. The predicted octanol–water partition coefficient (Wildman–Crippen LogP) is 2.76. The molecular formula is C21H33FN4O4S. The monoisotopic (exact) mass is 456 g/mol. The molecule has 1 aromatic carbocycles. The van der Waals surface area contributed by atoms with Crippen LogP contribution in [0.15, 0.2) is 18.2 Å². The second kappa shape index (κ2) is 9.70. The van der Waals surface area contributed by atoms with Crippen molar-refractivity contribution in [2.24, 2.45) is 0 Å². The van der Waals surface area contributed by atoms with E-state index in [0.29, 0.717) is 50.4 Å². The van der Waals surface area contributed by atoms with Gasteiger partial charge in [0.05, 0.1) is 23.1 Å². The van der Waals surface area contributed by atoms with Crippen LogP contribution in [-0.2, 0) is 14.8 Å². The van der Waals surface area contributed by atoms with Gasteiger partial charge in [-0.05, 0) is 58.7 Å². The zero-order chi connectivity index (χ0) is 22.8. The molecule has 2 heterocycles. The first kappa shape index (κ1) is 23.7. The van der Waals surface area contributed by atoms with Gasteiger partial charge in [0.2, 0.25) is 10.0 Å². The molecule has 2 aliphatic rings. The standard InChI is InChI=1S/C21H33FN4O4S/c1-14(2)31(28,29)24-17-7-9-25(10-8-17)21(27)23-18-5-6-20(19(22)11-18)26-12-15(3)30-16(4)13-26/h5-6,11,14-17,24H,7-10,12-13H2,1-4H3,(H,23,27). The normalized spacial score (nSPS) is 23.3. The molecule has 2 saturated heterocycles. The van der Waals surface area contributed by atoms with Crippen molar-refractivity contribution in [3.63, 3.8) is 0 Å². The van der Waals surface area contributed by atoms with Crippen LogP contribution in [0.5, 0.6) is 0 Å². The summed E-state index contributed by atoms with van der Waals surface area (Å²) >= 11 is 0. The number of hydrogen-bond donors (Lipinski definition) is 2. The van der Waals surface area contributed by atoms with Crippen LogP contribution in [0, 0.1) is 5.82 Å². The number of likely N-dealkylation sites (tertiary alicyclic amines) is 1. The number of piperidine rings is 1. The SMILES string of the molecule is CC1CN(c2ccc(NC(=O)N3CCC(NS(=O)(=O)C(C)C)CC3)cc2F)CC(C)O1. The molecule has 8 nitrogen and oxygen atoms in total. The van der Waals surface area contributed by atoms with Crippen molar-refractivity contribution in [2.75, 3.05) is 36.4 Å². The fourth-order valence-corrected chi connectivity index (χ4v) is 4.96. The Bertz CT molecular complexity index is 877. The van der Waals surface area contributed by atoms with Crippen LogP contribution < -0.4 is 14.9 Å². The molecule has 2 fully saturated rings. The Morgan fingerprint density at radius 2 is 1.77 bits per heavy atom. The molecular weight excluding hydrogens is 423 g/mol. The number of halogens is 1. The lowest BCUT2D eigenvalue weighted by Crippen LogP contribution is -2.48. The smallest absolute Gasteiger partial charge is 0.321 e. The van der Waals surface area contributed by atoms with Gasteiger partial charge in [-0.25, -0.2) is 22.3 Å². The van der Waals surface area contributed by atoms with Crippen LogP contribution in [0.3, 0.4) is 0 Å². The third kappa shape index (κ3) is 6.08. The number of benzene rings is 1. The van der Waals surface area contributed by atoms with Crippen molar-refractivity contribution < 1.29 is 22.3 Å². The van der Waals surface area contributed by atoms with Gasteiger partial charge in [0.15, 0.2) is 0 Å². The lowest BCUT2D eigenvalue weighted by atomic mass is 10.1. The molecule has 2 atom stereocenters. The first-order chi connectivity index (χ1) is 14.5. The Kier molecular flexibility index (Phi) is 7.43. The van der Waals surface area contributed by atoms with Crippen LogP contribution in [0.25, 0.3) is 0 Å². The fraction of sp³-hybridized carbons (Fsp3) is 0.667. The molecule has 0 saturated carbocycles. The summed E-state index contributed by atoms with van der Waals surface area (Å²) in [5.74, 6) is -0.388. The maximum atomic E-state index is 14.7. The van der Waals surface area contributed by atoms with Crippen molar-refractivity contribution in [1.29, 1.82) is 0 Å². The quantitative estimate of drug-likeness (QED) is 0.711. The molecule has 2 amide bonds. The zero-order valence-electron chi connectivity index (χ0n) is 18.6. The van der Waals surface area contributed by atoms with E-state index < -0.39 is 15.3 Å². The summed E-state index contributed by atoms with van der Waals surface area (Å²) in [6, 6.07) is 4.23. The minimum absolute atomic E-state index is 0.0236. The van der Waals surface area contributed by atoms with Gasteiger partial charge in [-0.2, -0.15) is 0 Å². The number of sulfonamides is 1. The van der Waals surface area contributed by atoms with Gasteiger partial charge in [0.1, 0.15) is 5.82 Å². The van der Waals surface area contributed by atoms with E-state index >= 15 is 0 Å². The van der Waals surface area contributed by atoms with E-state index in [-0.39, 0.29) is 30.1 Å². The highest BCUT2D eigenvalue weighted by Gasteiger charge is 2.28. The number of nitrogens with zero attached hydrogens (tertiary/aromatic N) is 2. The molecule has 0 aliphatic carbocycles. The van der Waals surface area contributed by atoms with E-state index in [9.17, 15) is 17.6 Å². The average Bonchev–Trinajstić information content (AvgIpc) is 2.67. The van der Waals surface area contributed by atoms with Crippen molar-refractivity contribution in [2.45, 2.75) is 64.0 Å². The Hall–Kier alpha value is -1.91. The Morgan fingerprint density at radius 3 is 2.32 bits per heavy atom. The number of carbonyl (C=O) groups is 1. The number of urea groups is 1. The predicted molar refractivity (Wildman–Crippen MR) is 119 cm³/mol. The maximum absolute atomic E-state index is 14.7. The van der Waals surface area contributed by atoms with Crippen LogP contribution in [0.2, 0.25) is 0 Å². The van der Waals surface area contributed by atoms with Gasteiger partial charge >= 0.3 is 6.03 Å². The van der Waals surface area contributed by atoms with E-state index in [1.54, 1.807) is 30.9 Å². The number of carbonyl (C=O) groups excluding carboxylic acids is 1. The fourth-order valence-electron chi connectivity index (χ4n) is 3.99. The molecule has 2 aliphatic heterocycles. The van der Waals surface area contributed by atoms with E-state index in [0.717, 1.165) is 0 Å². The van der Waals surface area contributed by atoms with Gasteiger partial charge in [-0.1, -0.05) is 0 Å². The highest BCUT2D eigenvalue weighted by molar-refractivity contribution is 7.90. The highest BCUT2D eigenvalue weighted by atomic mass is 32.2. The summed E-state index contributed by atoms with van der Waals surface area (Å²) < 4.78 is 47.2. The van der Waals surface area contributed by atoms with E-state index in [1.807, 2.05) is 18.7 Å². The summed E-state index contributed by atoms with van der Waals surface area (Å²) in [7, 11) is -3.33. The van der Waals surface area contributed by atoms with E-state index in [1.165, 1.54) is 6.07 Å². The lowest BCUT2D eigenvalue weighted by Gasteiger charge is -2.37. The van der Waals surface area contributed by atoms with E-state index in [4.69, 9.17) is 4.74 Å². The zero-order valence-corrected chi connectivity index (χ0v) is 19.4. The Balaban J connectivity index is 1.55.